The van der Waals surface area contributed by atoms with Gasteiger partial charge in [-0.15, -0.1) is 0 Å². The van der Waals surface area contributed by atoms with Gasteiger partial charge in [0.05, 0.1) is 17.3 Å². The molecule has 0 radical (unpaired) electrons. The number of hydrogen-bond acceptors (Lipinski definition) is 4. The van der Waals surface area contributed by atoms with Gasteiger partial charge in [0, 0.05) is 31.5 Å². The minimum absolute atomic E-state index is 0.705. The molecule has 3 aromatic heterocycles. The van der Waals surface area contributed by atoms with E-state index in [0.29, 0.717) is 6.54 Å². The molecule has 0 aromatic carbocycles. The lowest BCUT2D eigenvalue weighted by atomic mass is 10.2. The summed E-state index contributed by atoms with van der Waals surface area (Å²) in [5.41, 5.74) is 3.04. The molecule has 1 N–H and O–H groups in total. The average Bonchev–Trinajstić information content (AvgIpc) is 2.93. The highest BCUT2D eigenvalue weighted by Crippen LogP contribution is 2.22. The number of fused-ring (bicyclic) bond motifs is 1. The zero-order valence-corrected chi connectivity index (χ0v) is 10.3. The highest BCUT2D eigenvalue weighted by Gasteiger charge is 2.06. The molecule has 3 rings (SSSR count). The summed E-state index contributed by atoms with van der Waals surface area (Å²) in [6.45, 7) is 2.71. The summed E-state index contributed by atoms with van der Waals surface area (Å²) < 4.78 is 7.16. The van der Waals surface area contributed by atoms with Crippen LogP contribution in [0.4, 0.5) is 5.82 Å². The summed E-state index contributed by atoms with van der Waals surface area (Å²) in [6, 6.07) is 3.77. The zero-order valence-electron chi connectivity index (χ0n) is 10.3. The van der Waals surface area contributed by atoms with Gasteiger partial charge in [0.2, 0.25) is 0 Å². The van der Waals surface area contributed by atoms with E-state index in [4.69, 9.17) is 4.42 Å². The van der Waals surface area contributed by atoms with Crippen LogP contribution in [0.3, 0.4) is 0 Å². The first kappa shape index (κ1) is 10.8. The van der Waals surface area contributed by atoms with Crippen LogP contribution in [-0.2, 0) is 13.6 Å². The van der Waals surface area contributed by atoms with Gasteiger partial charge in [-0.25, -0.2) is 4.98 Å². The molecule has 3 heterocycles. The number of nitrogens with one attached hydrogen (secondary N) is 1. The third-order valence-corrected chi connectivity index (χ3v) is 2.94. The van der Waals surface area contributed by atoms with Crippen molar-refractivity contribution in [3.8, 4) is 0 Å². The third-order valence-electron chi connectivity index (χ3n) is 2.94. The normalized spacial score (nSPS) is 11.0. The van der Waals surface area contributed by atoms with Crippen molar-refractivity contribution in [2.75, 3.05) is 5.32 Å². The number of pyridine rings is 1. The summed E-state index contributed by atoms with van der Waals surface area (Å²) in [6.07, 6.45) is 5.43. The van der Waals surface area contributed by atoms with E-state index in [2.05, 4.69) is 15.4 Å². The van der Waals surface area contributed by atoms with Crippen molar-refractivity contribution >= 4 is 16.8 Å². The van der Waals surface area contributed by atoms with E-state index >= 15 is 0 Å². The molecule has 0 spiro atoms. The second-order valence-corrected chi connectivity index (χ2v) is 4.26. The first-order chi connectivity index (χ1) is 8.74. The van der Waals surface area contributed by atoms with Gasteiger partial charge in [-0.2, -0.15) is 5.10 Å². The second kappa shape index (κ2) is 4.18. The van der Waals surface area contributed by atoms with Crippen LogP contribution in [0, 0.1) is 6.92 Å². The quantitative estimate of drug-likeness (QED) is 0.766. The molecule has 0 unspecified atom stereocenters. The van der Waals surface area contributed by atoms with Gasteiger partial charge in [0.15, 0.2) is 0 Å². The Kier molecular flexibility index (Phi) is 2.51. The lowest BCUT2D eigenvalue weighted by Crippen LogP contribution is -2.01. The average molecular weight is 242 g/mol. The number of nitrogens with zero attached hydrogens (tertiary/aromatic N) is 3. The van der Waals surface area contributed by atoms with E-state index in [0.717, 1.165) is 22.5 Å². The largest absolute Gasteiger partial charge is 0.464 e. The summed E-state index contributed by atoms with van der Waals surface area (Å²) in [5.74, 6) is 0.838. The van der Waals surface area contributed by atoms with Crippen LogP contribution in [0.1, 0.15) is 11.3 Å². The summed E-state index contributed by atoms with van der Waals surface area (Å²) in [5, 5.41) is 8.63. The molecule has 0 aliphatic carbocycles. The minimum atomic E-state index is 0.705. The molecule has 0 aliphatic rings. The molecule has 0 fully saturated rings. The van der Waals surface area contributed by atoms with Gasteiger partial charge < -0.3 is 9.73 Å². The zero-order chi connectivity index (χ0) is 12.5. The van der Waals surface area contributed by atoms with Crippen LogP contribution in [0.2, 0.25) is 0 Å². The number of aromatic nitrogens is 3. The Balaban J connectivity index is 1.85. The van der Waals surface area contributed by atoms with Gasteiger partial charge in [0.1, 0.15) is 11.4 Å². The Morgan fingerprint density at radius 2 is 2.28 bits per heavy atom. The Labute approximate surface area is 104 Å². The van der Waals surface area contributed by atoms with E-state index < -0.39 is 0 Å². The Morgan fingerprint density at radius 1 is 1.39 bits per heavy atom. The maximum Gasteiger partial charge on any atom is 0.139 e. The van der Waals surface area contributed by atoms with Crippen LogP contribution in [0.25, 0.3) is 11.0 Å². The van der Waals surface area contributed by atoms with E-state index in [1.54, 1.807) is 12.5 Å². The number of rotatable bonds is 3. The Hall–Kier alpha value is -2.30. The summed E-state index contributed by atoms with van der Waals surface area (Å²) in [7, 11) is 1.92. The van der Waals surface area contributed by atoms with Gasteiger partial charge in [0.25, 0.3) is 0 Å². The molecular weight excluding hydrogens is 228 g/mol. The second-order valence-electron chi connectivity index (χ2n) is 4.26. The molecule has 0 amide bonds. The standard InChI is InChI=1S/C13H14N4O/c1-9-10(8-17(2)16-9)7-15-13-11-4-6-18-12(11)3-5-14-13/h3-6,8H,7H2,1-2H3,(H,14,15). The molecule has 18 heavy (non-hydrogen) atoms. The van der Waals surface area contributed by atoms with Crippen molar-refractivity contribution in [3.05, 3.63) is 42.0 Å². The lowest BCUT2D eigenvalue weighted by molar-refractivity contribution is 0.615. The van der Waals surface area contributed by atoms with Crippen LogP contribution in [0.5, 0.6) is 0 Å². The lowest BCUT2D eigenvalue weighted by Gasteiger charge is -2.05. The maximum absolute atomic E-state index is 5.34. The SMILES string of the molecule is Cc1nn(C)cc1CNc1nccc2occc12. The highest BCUT2D eigenvalue weighted by molar-refractivity contribution is 5.87. The molecule has 3 aromatic rings. The van der Waals surface area contributed by atoms with E-state index in [9.17, 15) is 0 Å². The molecule has 0 saturated carbocycles. The fourth-order valence-corrected chi connectivity index (χ4v) is 2.04. The Morgan fingerprint density at radius 3 is 3.06 bits per heavy atom. The van der Waals surface area contributed by atoms with Crippen molar-refractivity contribution in [2.45, 2.75) is 13.5 Å². The molecule has 0 bridgehead atoms. The van der Waals surface area contributed by atoms with Crippen LogP contribution >= 0.6 is 0 Å². The van der Waals surface area contributed by atoms with Gasteiger partial charge in [-0.1, -0.05) is 0 Å². The predicted molar refractivity (Wildman–Crippen MR) is 69.3 cm³/mol. The third kappa shape index (κ3) is 1.84. The number of anilines is 1. The van der Waals surface area contributed by atoms with Crippen LogP contribution in [0.15, 0.2) is 35.2 Å². The molecule has 92 valence electrons. The minimum Gasteiger partial charge on any atom is -0.464 e. The fraction of sp³-hybridized carbons (Fsp3) is 0.231. The summed E-state index contributed by atoms with van der Waals surface area (Å²) in [4.78, 5) is 4.33. The van der Waals surface area contributed by atoms with Crippen molar-refractivity contribution in [3.63, 3.8) is 0 Å². The molecule has 0 saturated heterocycles. The molecular formula is C13H14N4O. The fourth-order valence-electron chi connectivity index (χ4n) is 2.04. The monoisotopic (exact) mass is 242 g/mol. The van der Waals surface area contributed by atoms with Gasteiger partial charge in [-0.3, -0.25) is 4.68 Å². The van der Waals surface area contributed by atoms with Crippen molar-refractivity contribution in [1.29, 1.82) is 0 Å². The predicted octanol–water partition coefficient (Wildman–Crippen LogP) is 2.48. The Bertz CT molecular complexity index is 683. The van der Waals surface area contributed by atoms with E-state index in [1.807, 2.05) is 37.0 Å². The summed E-state index contributed by atoms with van der Waals surface area (Å²) >= 11 is 0. The van der Waals surface area contributed by atoms with Crippen molar-refractivity contribution in [2.24, 2.45) is 7.05 Å². The van der Waals surface area contributed by atoms with Crippen molar-refractivity contribution < 1.29 is 4.42 Å². The molecule has 5 nitrogen and oxygen atoms in total. The molecule has 0 atom stereocenters. The topological polar surface area (TPSA) is 55.9 Å². The molecule has 5 heteroatoms. The van der Waals surface area contributed by atoms with Crippen molar-refractivity contribution in [1.82, 2.24) is 14.8 Å². The van der Waals surface area contributed by atoms with Gasteiger partial charge >= 0.3 is 0 Å². The number of furan rings is 1. The first-order valence-electron chi connectivity index (χ1n) is 5.79. The highest BCUT2D eigenvalue weighted by atomic mass is 16.3. The molecule has 0 aliphatic heterocycles. The van der Waals surface area contributed by atoms with Crippen LogP contribution in [-0.4, -0.2) is 14.8 Å². The smallest absolute Gasteiger partial charge is 0.139 e. The van der Waals surface area contributed by atoms with Crippen LogP contribution < -0.4 is 5.32 Å². The van der Waals surface area contributed by atoms with E-state index in [1.165, 1.54) is 5.56 Å². The van der Waals surface area contributed by atoms with Gasteiger partial charge in [-0.05, 0) is 19.1 Å². The first-order valence-corrected chi connectivity index (χ1v) is 5.79. The maximum atomic E-state index is 5.34. The number of aryl methyl sites for hydroxylation is 2. The number of hydrogen-bond donors (Lipinski definition) is 1. The van der Waals surface area contributed by atoms with E-state index in [-0.39, 0.29) is 0 Å².